The molecule has 6 fully saturated rings. The minimum atomic E-state index is -1.03. The lowest BCUT2D eigenvalue weighted by molar-refractivity contribution is -0.130. The van der Waals surface area contributed by atoms with Crippen LogP contribution in [-0.2, 0) is 14.3 Å². The fourth-order valence-corrected chi connectivity index (χ4v) is 9.94. The average Bonchev–Trinajstić information content (AvgIpc) is 3.83. The second kappa shape index (κ2) is 13.0. The molecule has 45 heavy (non-hydrogen) atoms. The number of hydrogen-bond acceptors (Lipinski definition) is 7. The van der Waals surface area contributed by atoms with Crippen molar-refractivity contribution < 1.29 is 23.5 Å². The molecular formula is C33H50ClFN6O4. The molecule has 7 aliphatic rings. The van der Waals surface area contributed by atoms with E-state index in [0.29, 0.717) is 39.1 Å². The topological polar surface area (TPSA) is 98.4 Å². The SMILES string of the molecule is C=CC(=O)N1CCN(C2NC(=O)N3C4NC(C(Cl)CC42)C2C(F)CCCC2OC/C=C\COC2CCNC(C(C)C)C23)[C@@H]2C[C@@H]21. The molecule has 0 aromatic carbocycles. The molecule has 0 radical (unpaired) electrons. The summed E-state index contributed by atoms with van der Waals surface area (Å²) in [5, 5.41) is 10.7. The summed E-state index contributed by atoms with van der Waals surface area (Å²) in [5.74, 6) is -0.226. The number of carbonyl (C=O) groups is 2. The van der Waals surface area contributed by atoms with E-state index in [-0.39, 0.29) is 83.9 Å². The van der Waals surface area contributed by atoms with Crippen molar-refractivity contribution >= 4 is 23.5 Å². The van der Waals surface area contributed by atoms with Crippen LogP contribution in [-0.4, -0.2) is 126 Å². The lowest BCUT2D eigenvalue weighted by Gasteiger charge is -2.59. The highest BCUT2D eigenvalue weighted by Crippen LogP contribution is 2.45. The lowest BCUT2D eigenvalue weighted by atomic mass is 9.73. The van der Waals surface area contributed by atoms with E-state index in [1.54, 1.807) is 0 Å². The first kappa shape index (κ1) is 31.8. The molecule has 2 aliphatic carbocycles. The maximum atomic E-state index is 15.9. The summed E-state index contributed by atoms with van der Waals surface area (Å²) in [6.07, 6.45) is 7.64. The first-order chi connectivity index (χ1) is 21.8. The fourth-order valence-electron chi connectivity index (χ4n) is 9.49. The van der Waals surface area contributed by atoms with E-state index >= 15 is 4.39 Å². The van der Waals surface area contributed by atoms with Crippen molar-refractivity contribution in [2.75, 3.05) is 32.8 Å². The van der Waals surface area contributed by atoms with Crippen molar-refractivity contribution in [2.24, 2.45) is 17.8 Å². The van der Waals surface area contributed by atoms with Crippen LogP contribution >= 0.6 is 11.6 Å². The molecule has 3 amide bonds. The standard InChI is InChI=1S/C33H50ClFN6O4/c1-4-26(42)39-12-13-40(23-17-22(23)39)31-19-16-20(34)29-27-21(35)8-7-9-24(27)44-14-5-6-15-45-25-10-11-36-28(18(2)3)30(25)41(32(19)37-29)33(43)38-31/h4-6,18-25,27-32,36-37H,1,7-17H2,2-3H3,(H,38,43)/b6-5-/t19?,20?,21?,22-,23+,24?,25?,27?,28?,29?,30?,31?,32?/m0/s1. The molecule has 3 N–H and O–H groups in total. The molecule has 0 aromatic heterocycles. The molecule has 2 bridgehead atoms. The molecule has 7 rings (SSSR count). The number of nitrogens with one attached hydrogen (secondary N) is 3. The molecule has 5 aliphatic heterocycles. The number of piperidine rings is 2. The van der Waals surface area contributed by atoms with Crippen LogP contribution in [0, 0.1) is 17.8 Å². The summed E-state index contributed by atoms with van der Waals surface area (Å²) in [4.78, 5) is 33.3. The van der Waals surface area contributed by atoms with Crippen LogP contribution in [0.5, 0.6) is 0 Å². The van der Waals surface area contributed by atoms with E-state index in [9.17, 15) is 9.59 Å². The van der Waals surface area contributed by atoms with Gasteiger partial charge in [-0.05, 0) is 57.1 Å². The van der Waals surface area contributed by atoms with E-state index in [1.807, 2.05) is 22.0 Å². The molecule has 4 saturated heterocycles. The molecule has 13 atom stereocenters. The highest BCUT2D eigenvalue weighted by molar-refractivity contribution is 6.21. The Hall–Kier alpha value is -1.76. The van der Waals surface area contributed by atoms with Crippen LogP contribution in [0.4, 0.5) is 9.18 Å². The Labute approximate surface area is 271 Å². The largest absolute Gasteiger partial charge is 0.374 e. The van der Waals surface area contributed by atoms with Crippen molar-refractivity contribution in [3.8, 4) is 0 Å². The van der Waals surface area contributed by atoms with Gasteiger partial charge in [-0.25, -0.2) is 9.18 Å². The summed E-state index contributed by atoms with van der Waals surface area (Å²) in [6.45, 7) is 11.0. The van der Waals surface area contributed by atoms with Gasteiger partial charge in [0.25, 0.3) is 0 Å². The van der Waals surface area contributed by atoms with Gasteiger partial charge in [0.05, 0.1) is 43.8 Å². The van der Waals surface area contributed by atoms with Crippen molar-refractivity contribution in [2.45, 2.75) is 119 Å². The average molecular weight is 649 g/mol. The zero-order chi connectivity index (χ0) is 31.4. The van der Waals surface area contributed by atoms with E-state index in [0.717, 1.165) is 32.2 Å². The van der Waals surface area contributed by atoms with Gasteiger partial charge in [0.2, 0.25) is 5.91 Å². The minimum Gasteiger partial charge on any atom is -0.374 e. The lowest BCUT2D eigenvalue weighted by Crippen LogP contribution is -2.80. The number of halogens is 2. The van der Waals surface area contributed by atoms with Crippen molar-refractivity contribution in [1.29, 1.82) is 0 Å². The predicted octanol–water partition coefficient (Wildman–Crippen LogP) is 2.59. The van der Waals surface area contributed by atoms with Crippen molar-refractivity contribution in [3.63, 3.8) is 0 Å². The van der Waals surface area contributed by atoms with Crippen molar-refractivity contribution in [1.82, 2.24) is 30.7 Å². The Morgan fingerprint density at radius 1 is 1.09 bits per heavy atom. The Balaban J connectivity index is 1.26. The van der Waals surface area contributed by atoms with Gasteiger partial charge >= 0.3 is 6.03 Å². The van der Waals surface area contributed by atoms with Crippen LogP contribution in [0.3, 0.4) is 0 Å². The van der Waals surface area contributed by atoms with E-state index < -0.39 is 12.1 Å². The van der Waals surface area contributed by atoms with Gasteiger partial charge in [-0.15, -0.1) is 11.6 Å². The Kier molecular flexibility index (Phi) is 9.22. The maximum absolute atomic E-state index is 15.9. The number of urea groups is 1. The highest BCUT2D eigenvalue weighted by Gasteiger charge is 2.60. The van der Waals surface area contributed by atoms with Crippen LogP contribution < -0.4 is 16.0 Å². The molecule has 0 aromatic rings. The van der Waals surface area contributed by atoms with Crippen molar-refractivity contribution in [3.05, 3.63) is 24.8 Å². The first-order valence-corrected chi connectivity index (χ1v) is 17.7. The smallest absolute Gasteiger partial charge is 0.320 e. The molecular weight excluding hydrogens is 599 g/mol. The predicted molar refractivity (Wildman–Crippen MR) is 169 cm³/mol. The Morgan fingerprint density at radius 2 is 1.87 bits per heavy atom. The van der Waals surface area contributed by atoms with Gasteiger partial charge in [0.15, 0.2) is 0 Å². The number of amides is 3. The summed E-state index contributed by atoms with van der Waals surface area (Å²) >= 11 is 7.30. The third kappa shape index (κ3) is 5.84. The third-order valence-corrected chi connectivity index (χ3v) is 12.1. The molecule has 2 saturated carbocycles. The van der Waals surface area contributed by atoms with Crippen LogP contribution in [0.15, 0.2) is 24.8 Å². The van der Waals surface area contributed by atoms with Gasteiger partial charge < -0.3 is 29.9 Å². The van der Waals surface area contributed by atoms with E-state index in [1.165, 1.54) is 6.08 Å². The second-order valence-corrected chi connectivity index (χ2v) is 15.0. The van der Waals surface area contributed by atoms with Gasteiger partial charge in [0, 0.05) is 54.5 Å². The summed E-state index contributed by atoms with van der Waals surface area (Å²) in [5.41, 5.74) is 0. The monoisotopic (exact) mass is 648 g/mol. The number of fused-ring (bicyclic) bond motifs is 6. The first-order valence-electron chi connectivity index (χ1n) is 17.2. The van der Waals surface area contributed by atoms with Gasteiger partial charge in [-0.2, -0.15) is 0 Å². The second-order valence-electron chi connectivity index (χ2n) is 14.4. The summed E-state index contributed by atoms with van der Waals surface area (Å²) in [7, 11) is 0. The fraction of sp³-hybridized carbons (Fsp3) is 0.818. The number of rotatable bonds is 3. The van der Waals surface area contributed by atoms with Gasteiger partial charge in [-0.1, -0.05) is 32.6 Å². The van der Waals surface area contributed by atoms with Crippen LogP contribution in [0.1, 0.15) is 52.4 Å². The number of piperazine rings is 1. The van der Waals surface area contributed by atoms with Gasteiger partial charge in [0.1, 0.15) is 6.17 Å². The Morgan fingerprint density at radius 3 is 2.62 bits per heavy atom. The summed E-state index contributed by atoms with van der Waals surface area (Å²) in [6, 6.07) is -0.370. The maximum Gasteiger partial charge on any atom is 0.320 e. The molecule has 250 valence electrons. The van der Waals surface area contributed by atoms with E-state index in [2.05, 4.69) is 41.3 Å². The zero-order valence-electron chi connectivity index (χ0n) is 26.5. The number of alkyl halides is 2. The highest BCUT2D eigenvalue weighted by atomic mass is 35.5. The normalized spacial score (nSPS) is 46.2. The number of carbonyl (C=O) groups excluding carboxylic acids is 2. The summed E-state index contributed by atoms with van der Waals surface area (Å²) < 4.78 is 28.8. The number of nitrogens with zero attached hydrogens (tertiary/aromatic N) is 3. The number of ether oxygens (including phenoxy) is 2. The third-order valence-electron chi connectivity index (χ3n) is 11.6. The van der Waals surface area contributed by atoms with Crippen LogP contribution in [0.25, 0.3) is 0 Å². The minimum absolute atomic E-state index is 0.0264. The quantitative estimate of drug-likeness (QED) is 0.246. The molecule has 0 spiro atoms. The molecule has 5 heterocycles. The van der Waals surface area contributed by atoms with E-state index in [4.69, 9.17) is 21.1 Å². The zero-order valence-corrected chi connectivity index (χ0v) is 27.3. The Bertz CT molecular complexity index is 1160. The molecule has 12 heteroatoms. The molecule has 10 nitrogen and oxygen atoms in total. The van der Waals surface area contributed by atoms with Gasteiger partial charge in [-0.3, -0.25) is 15.0 Å². The molecule has 11 unspecified atom stereocenters. The number of hydrogen-bond donors (Lipinski definition) is 3. The van der Waals surface area contributed by atoms with Crippen LogP contribution in [0.2, 0.25) is 0 Å².